The maximum Gasteiger partial charge on any atom is 0.434 e. The van der Waals surface area contributed by atoms with Crippen molar-refractivity contribution >= 4 is 11.7 Å². The second-order valence-electron chi connectivity index (χ2n) is 7.28. The molecule has 3 heterocycles. The summed E-state index contributed by atoms with van der Waals surface area (Å²) < 4.78 is 51.9. The van der Waals surface area contributed by atoms with Crippen LogP contribution in [0.4, 0.5) is 23.4 Å². The van der Waals surface area contributed by atoms with Gasteiger partial charge in [0.25, 0.3) is 5.91 Å². The Hall–Kier alpha value is -3.63. The number of benzene rings is 1. The Balaban J connectivity index is 1.50. The second kappa shape index (κ2) is 8.85. The van der Waals surface area contributed by atoms with Crippen molar-refractivity contribution in [2.75, 3.05) is 18.4 Å². The van der Waals surface area contributed by atoms with Gasteiger partial charge in [-0.1, -0.05) is 0 Å². The molecular formula is C21H18F4N6O. The normalized spacial score (nSPS) is 16.6. The number of nitrogens with one attached hydrogen (secondary N) is 1. The Morgan fingerprint density at radius 1 is 1.09 bits per heavy atom. The zero-order chi connectivity index (χ0) is 22.7. The van der Waals surface area contributed by atoms with Crippen molar-refractivity contribution in [1.82, 2.24) is 24.8 Å². The number of anilines is 1. The lowest BCUT2D eigenvalue weighted by Crippen LogP contribution is -2.45. The molecule has 4 rings (SSSR count). The van der Waals surface area contributed by atoms with Crippen LogP contribution >= 0.6 is 0 Å². The molecule has 32 heavy (non-hydrogen) atoms. The van der Waals surface area contributed by atoms with Gasteiger partial charge in [0.05, 0.1) is 18.0 Å². The molecule has 1 atom stereocenters. The number of piperidine rings is 1. The molecule has 3 aromatic rings. The summed E-state index contributed by atoms with van der Waals surface area (Å²) in [5.74, 6) is -0.389. The van der Waals surface area contributed by atoms with Crippen LogP contribution in [0, 0.1) is 5.82 Å². The number of aromatic nitrogens is 4. The Labute approximate surface area is 180 Å². The Bertz CT molecular complexity index is 1090. The van der Waals surface area contributed by atoms with Crippen molar-refractivity contribution in [2.24, 2.45) is 0 Å². The van der Waals surface area contributed by atoms with Crippen LogP contribution in [0.1, 0.15) is 28.9 Å². The third kappa shape index (κ3) is 4.82. The number of amides is 1. The van der Waals surface area contributed by atoms with E-state index >= 15 is 0 Å². The Morgan fingerprint density at radius 2 is 1.88 bits per heavy atom. The average Bonchev–Trinajstić information content (AvgIpc) is 2.79. The molecule has 1 saturated heterocycles. The highest BCUT2D eigenvalue weighted by Gasteiger charge is 2.33. The van der Waals surface area contributed by atoms with Crippen LogP contribution in [0.5, 0.6) is 0 Å². The maximum atomic E-state index is 13.9. The molecule has 0 radical (unpaired) electrons. The number of carbonyl (C=O) groups excluding carboxylic acids is 1. The third-order valence-corrected chi connectivity index (χ3v) is 5.02. The summed E-state index contributed by atoms with van der Waals surface area (Å²) in [4.78, 5) is 30.2. The van der Waals surface area contributed by atoms with E-state index < -0.39 is 17.7 Å². The van der Waals surface area contributed by atoms with Crippen LogP contribution in [0.15, 0.2) is 49.1 Å². The molecule has 7 nitrogen and oxygen atoms in total. The second-order valence-corrected chi connectivity index (χ2v) is 7.28. The van der Waals surface area contributed by atoms with Crippen molar-refractivity contribution in [2.45, 2.75) is 25.1 Å². The van der Waals surface area contributed by atoms with Crippen molar-refractivity contribution in [3.05, 3.63) is 66.1 Å². The van der Waals surface area contributed by atoms with Crippen molar-refractivity contribution in [1.29, 1.82) is 0 Å². The quantitative estimate of drug-likeness (QED) is 0.614. The van der Waals surface area contributed by atoms with Crippen LogP contribution in [-0.4, -0.2) is 49.9 Å². The van der Waals surface area contributed by atoms with E-state index in [4.69, 9.17) is 0 Å². The predicted octanol–water partition coefficient (Wildman–Crippen LogP) is 3.81. The maximum absolute atomic E-state index is 13.9. The number of nitrogens with zero attached hydrogens (tertiary/aromatic N) is 5. The molecule has 1 fully saturated rings. The van der Waals surface area contributed by atoms with Gasteiger partial charge in [0.1, 0.15) is 11.6 Å². The fourth-order valence-corrected chi connectivity index (χ4v) is 3.53. The molecule has 11 heteroatoms. The van der Waals surface area contributed by atoms with Crippen LogP contribution in [0.2, 0.25) is 0 Å². The first-order valence-corrected chi connectivity index (χ1v) is 9.83. The molecule has 1 unspecified atom stereocenters. The van der Waals surface area contributed by atoms with E-state index in [9.17, 15) is 22.4 Å². The monoisotopic (exact) mass is 446 g/mol. The highest BCUT2D eigenvalue weighted by molar-refractivity contribution is 6.00. The van der Waals surface area contributed by atoms with E-state index in [1.165, 1.54) is 30.6 Å². The summed E-state index contributed by atoms with van der Waals surface area (Å²) in [6.07, 6.45) is 1.52. The van der Waals surface area contributed by atoms with Crippen LogP contribution in [-0.2, 0) is 6.18 Å². The zero-order valence-corrected chi connectivity index (χ0v) is 16.7. The number of hydrogen-bond donors (Lipinski definition) is 1. The van der Waals surface area contributed by atoms with E-state index in [1.54, 1.807) is 11.0 Å². The number of rotatable bonds is 4. The highest BCUT2D eigenvalue weighted by Crippen LogP contribution is 2.28. The molecule has 1 N–H and O–H groups in total. The van der Waals surface area contributed by atoms with Gasteiger partial charge in [0.2, 0.25) is 0 Å². The summed E-state index contributed by atoms with van der Waals surface area (Å²) in [5.41, 5.74) is -0.512. The van der Waals surface area contributed by atoms with E-state index in [0.717, 1.165) is 6.20 Å². The first-order chi connectivity index (χ1) is 15.3. The fourth-order valence-electron chi connectivity index (χ4n) is 3.53. The predicted molar refractivity (Wildman–Crippen MR) is 107 cm³/mol. The standard InChI is InChI=1S/C21H18F4N6O/c22-13-4-5-15(16(9-13)19-26-6-2-7-27-19)20(32)31-8-1-3-14(12-31)30-18-11-28-17(10-29-18)21(23,24)25/h2,4-7,9-11,14H,1,3,8,12H2,(H,29,30). The molecule has 1 aliphatic heterocycles. The molecule has 0 bridgehead atoms. The van der Waals surface area contributed by atoms with Gasteiger partial charge in [-0.25, -0.2) is 24.3 Å². The van der Waals surface area contributed by atoms with Gasteiger partial charge in [-0.3, -0.25) is 4.79 Å². The van der Waals surface area contributed by atoms with E-state index in [1.807, 2.05) is 0 Å². The summed E-state index contributed by atoms with van der Waals surface area (Å²) in [7, 11) is 0. The van der Waals surface area contributed by atoms with Crippen LogP contribution in [0.25, 0.3) is 11.4 Å². The number of carbonyl (C=O) groups is 1. The summed E-state index contributed by atoms with van der Waals surface area (Å²) in [6, 6.07) is 5.23. The van der Waals surface area contributed by atoms with Gasteiger partial charge in [-0.15, -0.1) is 0 Å². The van der Waals surface area contributed by atoms with Gasteiger partial charge in [-0.2, -0.15) is 13.2 Å². The van der Waals surface area contributed by atoms with E-state index in [-0.39, 0.29) is 29.2 Å². The summed E-state index contributed by atoms with van der Waals surface area (Å²) in [5, 5.41) is 3.03. The fraction of sp³-hybridized carbons (Fsp3) is 0.286. The number of likely N-dealkylation sites (tertiary alicyclic amines) is 1. The molecule has 1 aromatic carbocycles. The summed E-state index contributed by atoms with van der Waals surface area (Å²) in [6.45, 7) is 0.788. The first kappa shape index (κ1) is 21.6. The minimum atomic E-state index is -4.56. The first-order valence-electron chi connectivity index (χ1n) is 9.83. The lowest BCUT2D eigenvalue weighted by atomic mass is 10.0. The molecule has 0 spiro atoms. The van der Waals surface area contributed by atoms with Gasteiger partial charge >= 0.3 is 6.18 Å². The van der Waals surface area contributed by atoms with Crippen LogP contribution < -0.4 is 5.32 Å². The molecular weight excluding hydrogens is 428 g/mol. The van der Waals surface area contributed by atoms with Gasteiger partial charge in [0, 0.05) is 37.1 Å². The number of halogens is 4. The van der Waals surface area contributed by atoms with Gasteiger partial charge < -0.3 is 10.2 Å². The molecule has 0 saturated carbocycles. The summed E-state index contributed by atoms with van der Waals surface area (Å²) >= 11 is 0. The number of alkyl halides is 3. The Kier molecular flexibility index (Phi) is 5.97. The topological polar surface area (TPSA) is 83.9 Å². The minimum Gasteiger partial charge on any atom is -0.364 e. The molecule has 1 amide bonds. The molecule has 0 aliphatic carbocycles. The van der Waals surface area contributed by atoms with E-state index in [2.05, 4.69) is 25.3 Å². The highest BCUT2D eigenvalue weighted by atomic mass is 19.4. The number of hydrogen-bond acceptors (Lipinski definition) is 6. The van der Waals surface area contributed by atoms with Gasteiger partial charge in [0.15, 0.2) is 11.5 Å². The van der Waals surface area contributed by atoms with Crippen molar-refractivity contribution in [3.63, 3.8) is 0 Å². The molecule has 1 aliphatic rings. The van der Waals surface area contributed by atoms with Crippen LogP contribution in [0.3, 0.4) is 0 Å². The average molecular weight is 446 g/mol. The lowest BCUT2D eigenvalue weighted by molar-refractivity contribution is -0.141. The molecule has 166 valence electrons. The SMILES string of the molecule is O=C(c1ccc(F)cc1-c1ncccn1)N1CCCC(Nc2cnc(C(F)(F)F)cn2)C1. The third-order valence-electron chi connectivity index (χ3n) is 5.02. The van der Waals surface area contributed by atoms with Crippen molar-refractivity contribution < 1.29 is 22.4 Å². The zero-order valence-electron chi connectivity index (χ0n) is 16.7. The Morgan fingerprint density at radius 3 is 2.56 bits per heavy atom. The lowest BCUT2D eigenvalue weighted by Gasteiger charge is -2.33. The van der Waals surface area contributed by atoms with Crippen molar-refractivity contribution in [3.8, 4) is 11.4 Å². The molecule has 2 aromatic heterocycles. The minimum absolute atomic E-state index is 0.192. The van der Waals surface area contributed by atoms with Gasteiger partial charge in [-0.05, 0) is 37.1 Å². The largest absolute Gasteiger partial charge is 0.434 e. The smallest absolute Gasteiger partial charge is 0.364 e. The van der Waals surface area contributed by atoms with E-state index in [0.29, 0.717) is 37.7 Å².